The molecule has 0 spiro atoms. The lowest BCUT2D eigenvalue weighted by Gasteiger charge is -2.18. The number of nitrogens with zero attached hydrogens (tertiary/aromatic N) is 5. The maximum Gasteiger partial charge on any atom is 0.266 e. The Bertz CT molecular complexity index is 1100. The van der Waals surface area contributed by atoms with Gasteiger partial charge in [0.15, 0.2) is 11.5 Å². The van der Waals surface area contributed by atoms with E-state index < -0.39 is 23.8 Å². The Kier molecular flexibility index (Phi) is 6.55. The third kappa shape index (κ3) is 4.69. The van der Waals surface area contributed by atoms with Crippen LogP contribution in [-0.2, 0) is 0 Å². The van der Waals surface area contributed by atoms with Crippen molar-refractivity contribution in [2.24, 2.45) is 4.99 Å². The van der Waals surface area contributed by atoms with Gasteiger partial charge in [0.25, 0.3) is 6.43 Å². The van der Waals surface area contributed by atoms with Crippen LogP contribution in [0.25, 0.3) is 11.0 Å². The fourth-order valence-corrected chi connectivity index (χ4v) is 3.27. The molecule has 2 heterocycles. The van der Waals surface area contributed by atoms with Gasteiger partial charge in [-0.05, 0) is 35.8 Å². The molecule has 3 rings (SSSR count). The minimum atomic E-state index is -2.89. The van der Waals surface area contributed by atoms with E-state index in [-0.39, 0.29) is 5.56 Å². The van der Waals surface area contributed by atoms with Crippen LogP contribution < -0.4 is 5.32 Å². The van der Waals surface area contributed by atoms with Gasteiger partial charge in [0.05, 0.1) is 27.8 Å². The van der Waals surface area contributed by atoms with Gasteiger partial charge < -0.3 is 10.2 Å². The van der Waals surface area contributed by atoms with E-state index in [1.165, 1.54) is 12.1 Å². The first kappa shape index (κ1) is 21.9. The van der Waals surface area contributed by atoms with E-state index >= 15 is 0 Å². The Morgan fingerprint density at radius 1 is 1.17 bits per heavy atom. The lowest BCUT2D eigenvalue weighted by atomic mass is 10.0. The molecule has 0 unspecified atom stereocenters. The number of hydrogen-bond donors (Lipinski definition) is 1. The third-order valence-electron chi connectivity index (χ3n) is 4.26. The molecule has 6 nitrogen and oxygen atoms in total. The highest BCUT2D eigenvalue weighted by Gasteiger charge is 2.20. The molecule has 1 aromatic carbocycles. The van der Waals surface area contributed by atoms with E-state index in [4.69, 9.17) is 0 Å². The highest BCUT2D eigenvalue weighted by Crippen LogP contribution is 2.33. The predicted molar refractivity (Wildman–Crippen MR) is 115 cm³/mol. The van der Waals surface area contributed by atoms with Crippen LogP contribution >= 0.6 is 15.9 Å². The quantitative estimate of drug-likeness (QED) is 0.369. The monoisotopic (exact) mass is 480 g/mol. The highest BCUT2D eigenvalue weighted by molar-refractivity contribution is 9.10. The van der Waals surface area contributed by atoms with Crippen LogP contribution in [0.2, 0.25) is 0 Å². The SMILES string of the molecule is Cc1nc(N[C@H](C)c2cccc(C(F)F)c2F)c2cc(Br)c(N=CN(C)C)nc2n1. The summed E-state index contributed by atoms with van der Waals surface area (Å²) in [7, 11) is 3.69. The second-order valence-corrected chi connectivity index (χ2v) is 7.76. The first-order chi connectivity index (χ1) is 14.2. The molecular formula is C20H20BrF3N6. The molecule has 0 aliphatic carbocycles. The number of anilines is 1. The molecule has 0 aliphatic rings. The van der Waals surface area contributed by atoms with Crippen LogP contribution in [0.1, 0.15) is 36.3 Å². The standard InChI is InChI=1S/C20H20BrF3N6/c1-10(12-6-5-7-13(16(12)22)17(23)24)26-18-14-8-15(21)20(25-9-30(3)4)29-19(14)28-11(2)27-18/h5-10,17H,1-4H3,(H,26,27,28,29)/t10-/m1/s1. The molecule has 158 valence electrons. The highest BCUT2D eigenvalue weighted by atomic mass is 79.9. The summed E-state index contributed by atoms with van der Waals surface area (Å²) >= 11 is 3.45. The number of nitrogens with one attached hydrogen (secondary N) is 1. The summed E-state index contributed by atoms with van der Waals surface area (Å²) in [6.07, 6.45) is -1.27. The second kappa shape index (κ2) is 8.95. The first-order valence-electron chi connectivity index (χ1n) is 9.06. The van der Waals surface area contributed by atoms with Gasteiger partial charge >= 0.3 is 0 Å². The van der Waals surface area contributed by atoms with Crippen LogP contribution in [0.3, 0.4) is 0 Å². The van der Waals surface area contributed by atoms with Gasteiger partial charge in [-0.15, -0.1) is 0 Å². The first-order valence-corrected chi connectivity index (χ1v) is 9.85. The molecule has 30 heavy (non-hydrogen) atoms. The number of aromatic nitrogens is 3. The van der Waals surface area contributed by atoms with Gasteiger partial charge in [-0.1, -0.05) is 18.2 Å². The number of benzene rings is 1. The minimum absolute atomic E-state index is 0.122. The average Bonchev–Trinajstić information content (AvgIpc) is 2.66. The maximum absolute atomic E-state index is 14.5. The largest absolute Gasteiger partial charge is 0.369 e. The van der Waals surface area contributed by atoms with Crippen molar-refractivity contribution in [1.29, 1.82) is 0 Å². The number of fused-ring (bicyclic) bond motifs is 1. The Hall–Kier alpha value is -2.75. The van der Waals surface area contributed by atoms with Gasteiger partial charge in [-0.3, -0.25) is 0 Å². The molecule has 0 aliphatic heterocycles. The Labute approximate surface area is 180 Å². The summed E-state index contributed by atoms with van der Waals surface area (Å²) in [6.45, 7) is 3.38. The molecule has 1 N–H and O–H groups in total. The zero-order chi connectivity index (χ0) is 22.0. The van der Waals surface area contributed by atoms with Crippen molar-refractivity contribution in [2.45, 2.75) is 26.3 Å². The lowest BCUT2D eigenvalue weighted by molar-refractivity contribution is 0.146. The Morgan fingerprint density at radius 3 is 2.53 bits per heavy atom. The maximum atomic E-state index is 14.5. The lowest BCUT2D eigenvalue weighted by Crippen LogP contribution is -2.12. The van der Waals surface area contributed by atoms with E-state index in [0.717, 1.165) is 6.07 Å². The van der Waals surface area contributed by atoms with E-state index in [9.17, 15) is 13.2 Å². The molecule has 10 heteroatoms. The van der Waals surface area contributed by atoms with Crippen molar-refractivity contribution in [3.05, 3.63) is 51.5 Å². The van der Waals surface area contributed by atoms with E-state index in [0.29, 0.717) is 33.0 Å². The number of aliphatic imine (C=N–C) groups is 1. The second-order valence-electron chi connectivity index (χ2n) is 6.91. The normalized spacial score (nSPS) is 12.7. The van der Waals surface area contributed by atoms with Crippen molar-refractivity contribution < 1.29 is 13.2 Å². The van der Waals surface area contributed by atoms with Gasteiger partial charge in [0.1, 0.15) is 17.5 Å². The summed E-state index contributed by atoms with van der Waals surface area (Å²) in [5.41, 5.74) is -0.0952. The predicted octanol–water partition coefficient (Wildman–Crippen LogP) is 5.57. The molecule has 2 aromatic heterocycles. The van der Waals surface area contributed by atoms with E-state index in [2.05, 4.69) is 41.2 Å². The molecule has 0 saturated heterocycles. The number of hydrogen-bond acceptors (Lipinski definition) is 5. The summed E-state index contributed by atoms with van der Waals surface area (Å²) in [6, 6.07) is 5.11. The average molecular weight is 481 g/mol. The fourth-order valence-electron chi connectivity index (χ4n) is 2.85. The molecule has 1 atom stereocenters. The van der Waals surface area contributed by atoms with Gasteiger partial charge in [-0.2, -0.15) is 0 Å². The number of halogens is 4. The van der Waals surface area contributed by atoms with Gasteiger partial charge in [0.2, 0.25) is 0 Å². The van der Waals surface area contributed by atoms with Crippen LogP contribution in [0.15, 0.2) is 33.7 Å². The van der Waals surface area contributed by atoms with Crippen LogP contribution in [0.5, 0.6) is 0 Å². The smallest absolute Gasteiger partial charge is 0.266 e. The summed E-state index contributed by atoms with van der Waals surface area (Å²) in [5, 5.41) is 3.69. The molecule has 0 amide bonds. The third-order valence-corrected chi connectivity index (χ3v) is 4.84. The van der Waals surface area contributed by atoms with Crippen LogP contribution in [0.4, 0.5) is 24.8 Å². The van der Waals surface area contributed by atoms with Crippen LogP contribution in [-0.4, -0.2) is 40.3 Å². The molecule has 0 fully saturated rings. The number of aryl methyl sites for hydroxylation is 1. The van der Waals surface area contributed by atoms with Crippen molar-refractivity contribution >= 4 is 44.9 Å². The molecule has 0 bridgehead atoms. The van der Waals surface area contributed by atoms with E-state index in [1.807, 2.05) is 14.1 Å². The van der Waals surface area contributed by atoms with Crippen LogP contribution in [0, 0.1) is 12.7 Å². The van der Waals surface area contributed by atoms with Crippen molar-refractivity contribution in [1.82, 2.24) is 19.9 Å². The zero-order valence-corrected chi connectivity index (χ0v) is 18.4. The molecule has 0 radical (unpaired) electrons. The van der Waals surface area contributed by atoms with E-state index in [1.54, 1.807) is 31.2 Å². The number of alkyl halides is 2. The van der Waals surface area contributed by atoms with Crippen molar-refractivity contribution in [2.75, 3.05) is 19.4 Å². The van der Waals surface area contributed by atoms with Crippen molar-refractivity contribution in [3.8, 4) is 0 Å². The van der Waals surface area contributed by atoms with Crippen molar-refractivity contribution in [3.63, 3.8) is 0 Å². The Balaban J connectivity index is 2.02. The summed E-state index contributed by atoms with van der Waals surface area (Å²) < 4.78 is 41.3. The number of rotatable bonds is 6. The Morgan fingerprint density at radius 2 is 1.87 bits per heavy atom. The van der Waals surface area contributed by atoms with Gasteiger partial charge in [0, 0.05) is 19.7 Å². The minimum Gasteiger partial charge on any atom is -0.369 e. The summed E-state index contributed by atoms with van der Waals surface area (Å²) in [4.78, 5) is 19.3. The number of pyridine rings is 1. The molecule has 3 aromatic rings. The fraction of sp³-hybridized carbons (Fsp3) is 0.300. The zero-order valence-electron chi connectivity index (χ0n) is 16.8. The van der Waals surface area contributed by atoms with Gasteiger partial charge in [-0.25, -0.2) is 33.1 Å². The molecular weight excluding hydrogens is 461 g/mol. The topological polar surface area (TPSA) is 66.3 Å². The molecule has 0 saturated carbocycles. The summed E-state index contributed by atoms with van der Waals surface area (Å²) in [5.74, 6) is 0.394.